The van der Waals surface area contributed by atoms with Gasteiger partial charge >= 0.3 is 0 Å². The Hall–Kier alpha value is -1.16. The van der Waals surface area contributed by atoms with Gasteiger partial charge in [-0.25, -0.2) is 0 Å². The van der Waals surface area contributed by atoms with Crippen molar-refractivity contribution in [3.8, 4) is 0 Å². The largest absolute Gasteiger partial charge is 0.394 e. The van der Waals surface area contributed by atoms with E-state index in [-0.39, 0.29) is 28.8 Å². The molecule has 0 bridgehead atoms. The first-order valence-electron chi connectivity index (χ1n) is 30.9. The van der Waals surface area contributed by atoms with Crippen LogP contribution < -0.4 is 0 Å². The molecule has 11 rings (SSSR count). The van der Waals surface area contributed by atoms with Gasteiger partial charge in [-0.3, -0.25) is 0 Å². The molecule has 1 spiro atoms. The number of rotatable bonds is 15. The summed E-state index contributed by atoms with van der Waals surface area (Å²) in [6, 6.07) is 0. The Bertz CT molecular complexity index is 2230. The molecule has 0 aromatic carbocycles. The van der Waals surface area contributed by atoms with Gasteiger partial charge in [0.15, 0.2) is 37.2 Å². The van der Waals surface area contributed by atoms with E-state index in [1.54, 1.807) is 0 Å². The molecular weight excluding hydrogens is 1150 g/mol. The molecule has 29 nitrogen and oxygen atoms in total. The molecule has 11 fully saturated rings. The lowest BCUT2D eigenvalue weighted by molar-refractivity contribution is -0.409. The van der Waals surface area contributed by atoms with Crippen LogP contribution in [0.15, 0.2) is 0 Å². The molecule has 7 aliphatic heterocycles. The predicted molar refractivity (Wildman–Crippen MR) is 282 cm³/mol. The summed E-state index contributed by atoms with van der Waals surface area (Å²) in [5.74, 6) is 2.09. The first kappa shape index (κ1) is 66.3. The molecule has 0 aromatic heterocycles. The molecule has 32 unspecified atom stereocenters. The Morgan fingerprint density at radius 2 is 0.930 bits per heavy atom. The van der Waals surface area contributed by atoms with Crippen LogP contribution in [0.5, 0.6) is 0 Å². The highest BCUT2D eigenvalue weighted by molar-refractivity contribution is 5.16. The maximum Gasteiger partial charge on any atom is 0.187 e. The van der Waals surface area contributed by atoms with Crippen LogP contribution in [0.2, 0.25) is 0 Å². The van der Waals surface area contributed by atoms with Crippen LogP contribution in [-0.4, -0.2) is 304 Å². The number of hydrogen-bond donors (Lipinski definition) is 17. The second-order valence-electron chi connectivity index (χ2n) is 27.3. The van der Waals surface area contributed by atoms with Crippen LogP contribution >= 0.6 is 0 Å². The summed E-state index contributed by atoms with van der Waals surface area (Å²) in [6.07, 6.45) is -41.7. The van der Waals surface area contributed by atoms with Gasteiger partial charge in [-0.2, -0.15) is 0 Å². The molecule has 7 heterocycles. The molecule has 86 heavy (non-hydrogen) atoms. The summed E-state index contributed by atoms with van der Waals surface area (Å²) in [6.45, 7) is 5.35. The average Bonchev–Trinajstić information content (AvgIpc) is 1.49. The van der Waals surface area contributed by atoms with Crippen molar-refractivity contribution in [1.82, 2.24) is 0 Å². The topological polar surface area (TPSA) is 455 Å². The third-order valence-electron chi connectivity index (χ3n) is 22.5. The molecule has 7 saturated heterocycles. The lowest BCUT2D eigenvalue weighted by Gasteiger charge is -2.62. The quantitative estimate of drug-likeness (QED) is 0.0679. The van der Waals surface area contributed by atoms with Gasteiger partial charge in [0.25, 0.3) is 0 Å². The number of aliphatic hydroxyl groups is 17. The molecule has 0 radical (unpaired) electrons. The van der Waals surface area contributed by atoms with Crippen LogP contribution in [-0.2, 0) is 56.8 Å². The Morgan fingerprint density at radius 1 is 0.430 bits per heavy atom. The van der Waals surface area contributed by atoms with E-state index < -0.39 is 205 Å². The van der Waals surface area contributed by atoms with Crippen molar-refractivity contribution in [2.24, 2.45) is 52.3 Å². The lowest BCUT2D eigenvalue weighted by atomic mass is 9.44. The van der Waals surface area contributed by atoms with Crippen LogP contribution in [0.1, 0.15) is 85.5 Å². The summed E-state index contributed by atoms with van der Waals surface area (Å²) in [5, 5.41) is 186. The fraction of sp³-hybridized carbons (Fsp3) is 1.00. The smallest absolute Gasteiger partial charge is 0.187 e. The standard InChI is InChI=1S/C57H94O29/c1-20-7-10-57(75-19-20)21(2)34-28(86-57)12-25-23-6-5-22-11-27(26(63)13-56(22,4)24(23)8-9-55(25,34)3)76-53-45(74)47(37(66)31(16-60)79-53)83-52-44(73)41(70)46(33(18-62)81-52)82-54-49(85-51-43(72)40(69)36(65)30(15-59)78-51)48(38(67)32(17-61)80-54)84-50-42(71)39(68)35(64)29(14-58)77-50/h20-54,58-74H,5-19H2,1-4H3/t20?,21?,22-,23+,24-,25-,26+,27?,28?,29?,30?,31?,32?,33?,34?,35?,36?,37?,38?,39?,40?,41?,42?,43?,44?,45?,46?,47?,48?,49?,50?,51?,52?,53?,54?,55?,56?,57+/m0/s1. The van der Waals surface area contributed by atoms with Gasteiger partial charge in [-0.05, 0) is 97.7 Å². The Balaban J connectivity index is 0.767. The van der Waals surface area contributed by atoms with E-state index in [9.17, 15) is 86.8 Å². The first-order chi connectivity index (χ1) is 40.9. The van der Waals surface area contributed by atoms with Gasteiger partial charge < -0.3 is 144 Å². The van der Waals surface area contributed by atoms with E-state index in [1.165, 1.54) is 0 Å². The minimum atomic E-state index is -2.19. The van der Waals surface area contributed by atoms with E-state index in [0.717, 1.165) is 44.9 Å². The highest BCUT2D eigenvalue weighted by Gasteiger charge is 2.70. The molecule has 17 N–H and O–H groups in total. The summed E-state index contributed by atoms with van der Waals surface area (Å²) in [7, 11) is 0. The minimum Gasteiger partial charge on any atom is -0.394 e. The molecule has 29 heteroatoms. The van der Waals surface area contributed by atoms with Crippen molar-refractivity contribution in [2.75, 3.05) is 39.6 Å². The fourth-order valence-corrected chi connectivity index (χ4v) is 17.7. The van der Waals surface area contributed by atoms with Crippen molar-refractivity contribution in [2.45, 2.75) is 263 Å². The Labute approximate surface area is 497 Å². The van der Waals surface area contributed by atoms with E-state index in [2.05, 4.69) is 27.7 Å². The van der Waals surface area contributed by atoms with E-state index in [0.29, 0.717) is 49.0 Å². The number of fused-ring (bicyclic) bond motifs is 7. The van der Waals surface area contributed by atoms with Crippen molar-refractivity contribution in [1.29, 1.82) is 0 Å². The van der Waals surface area contributed by atoms with Gasteiger partial charge in [0.1, 0.15) is 122 Å². The van der Waals surface area contributed by atoms with Crippen LogP contribution in [0.3, 0.4) is 0 Å². The molecule has 4 saturated carbocycles. The van der Waals surface area contributed by atoms with Crippen molar-refractivity contribution in [3.05, 3.63) is 0 Å². The number of hydrogen-bond acceptors (Lipinski definition) is 29. The van der Waals surface area contributed by atoms with Gasteiger partial charge in [-0.15, -0.1) is 0 Å². The lowest BCUT2D eigenvalue weighted by Crippen LogP contribution is -2.69. The van der Waals surface area contributed by atoms with Crippen LogP contribution in [0.4, 0.5) is 0 Å². The molecular formula is C57H94O29. The maximum atomic E-state index is 12.1. The third-order valence-corrected chi connectivity index (χ3v) is 22.5. The van der Waals surface area contributed by atoms with E-state index in [4.69, 9.17) is 56.8 Å². The maximum absolute atomic E-state index is 12.1. The second-order valence-corrected chi connectivity index (χ2v) is 27.3. The predicted octanol–water partition coefficient (Wildman–Crippen LogP) is -6.11. The van der Waals surface area contributed by atoms with Gasteiger partial charge in [-0.1, -0.05) is 27.7 Å². The number of ether oxygens (including phenoxy) is 12. The molecule has 496 valence electrons. The minimum absolute atomic E-state index is 0.0992. The summed E-state index contributed by atoms with van der Waals surface area (Å²) in [4.78, 5) is 0. The van der Waals surface area contributed by atoms with Crippen molar-refractivity contribution < 1.29 is 144 Å². The zero-order valence-corrected chi connectivity index (χ0v) is 48.8. The molecule has 0 aromatic rings. The molecule has 0 amide bonds. The molecule has 4 aliphatic carbocycles. The summed E-state index contributed by atoms with van der Waals surface area (Å²) < 4.78 is 72.9. The summed E-state index contributed by atoms with van der Waals surface area (Å²) in [5.41, 5.74) is -0.131. The van der Waals surface area contributed by atoms with Gasteiger partial charge in [0.05, 0.1) is 58.0 Å². The SMILES string of the molecule is CC1CC[C@@]2(OC1)OC1C[C@H]3[C@@H]4CC[C@H]5CC(OC6OC(CO)C(O)C(OC7OC(CO)C(OC8OC(CO)C(O)C(OC9OC(CO)C(O)C(O)C9O)C8OC8OC(CO)C(O)C(O)C8O)C(O)C7O)C6O)[C@H](O)CC5(C)[C@H]4CCC3(C)C1C2C. The molecule has 11 aliphatic rings. The van der Waals surface area contributed by atoms with Gasteiger partial charge in [0.2, 0.25) is 0 Å². The highest BCUT2D eigenvalue weighted by atomic mass is 16.8. The fourth-order valence-electron chi connectivity index (χ4n) is 17.7. The molecule has 38 atom stereocenters. The summed E-state index contributed by atoms with van der Waals surface area (Å²) >= 11 is 0. The van der Waals surface area contributed by atoms with Gasteiger partial charge in [0, 0.05) is 12.3 Å². The monoisotopic (exact) mass is 1240 g/mol. The Morgan fingerprint density at radius 3 is 1.50 bits per heavy atom. The van der Waals surface area contributed by atoms with Crippen molar-refractivity contribution >= 4 is 0 Å². The third kappa shape index (κ3) is 11.5. The highest BCUT2D eigenvalue weighted by Crippen LogP contribution is 2.71. The van der Waals surface area contributed by atoms with E-state index >= 15 is 0 Å². The Kier molecular flexibility index (Phi) is 20.0. The van der Waals surface area contributed by atoms with Crippen molar-refractivity contribution in [3.63, 3.8) is 0 Å². The zero-order chi connectivity index (χ0) is 61.8. The van der Waals surface area contributed by atoms with Crippen LogP contribution in [0.25, 0.3) is 0 Å². The second kappa shape index (κ2) is 26.0. The van der Waals surface area contributed by atoms with E-state index in [1.807, 2.05) is 0 Å². The number of aliphatic hydroxyl groups excluding tert-OH is 17. The normalized spacial score (nSPS) is 57.5. The van der Waals surface area contributed by atoms with Crippen LogP contribution in [0, 0.1) is 52.3 Å². The zero-order valence-electron chi connectivity index (χ0n) is 48.8. The average molecular weight is 1240 g/mol. The first-order valence-corrected chi connectivity index (χ1v) is 30.9.